The number of aryl methyl sites for hydroxylation is 2. The number of carbonyl (C=O) groups is 2. The van der Waals surface area contributed by atoms with E-state index in [1.54, 1.807) is 61.5 Å². The van der Waals surface area contributed by atoms with Gasteiger partial charge in [-0.15, -0.1) is 0 Å². The Morgan fingerprint density at radius 2 is 1.39 bits per heavy atom. The molecule has 0 N–H and O–H groups in total. The van der Waals surface area contributed by atoms with Crippen molar-refractivity contribution in [3.05, 3.63) is 166 Å². The molecule has 2 fully saturated rings. The fourth-order valence-corrected chi connectivity index (χ4v) is 6.66. The zero-order chi connectivity index (χ0) is 47.4. The number of hydrogen-bond donors (Lipinski definition) is 0. The summed E-state index contributed by atoms with van der Waals surface area (Å²) >= 11 is 6.23. The van der Waals surface area contributed by atoms with E-state index in [9.17, 15) is 14.4 Å². The first-order chi connectivity index (χ1) is 31.9. The highest BCUT2D eigenvalue weighted by Gasteiger charge is 2.26. The number of halogens is 1. The Balaban J connectivity index is 0.000000273. The first kappa shape index (κ1) is 50.6. The molecule has 11 heteroatoms. The van der Waals surface area contributed by atoms with E-state index in [-0.39, 0.29) is 28.7 Å². The van der Waals surface area contributed by atoms with Crippen LogP contribution in [0.1, 0.15) is 110 Å². The molecule has 5 aromatic rings. The predicted octanol–water partition coefficient (Wildman–Crippen LogP) is 13.7. The molecule has 66 heavy (non-hydrogen) atoms. The number of fused-ring (bicyclic) bond motifs is 1. The van der Waals surface area contributed by atoms with Crippen molar-refractivity contribution in [2.75, 3.05) is 26.4 Å². The molecule has 0 radical (unpaired) electrons. The number of Topliss-reactive ketones (excluding diaryl/α,β-unsaturated/α-hetero) is 1. The minimum Gasteiger partial charge on any atom is -0.494 e. The fourth-order valence-electron chi connectivity index (χ4n) is 6.48. The average Bonchev–Trinajstić information content (AvgIpc) is 3.29. The molecule has 0 spiro atoms. The summed E-state index contributed by atoms with van der Waals surface area (Å²) in [5.41, 5.74) is 4.45. The molecule has 1 aromatic heterocycles. The van der Waals surface area contributed by atoms with Crippen molar-refractivity contribution in [2.24, 2.45) is 5.92 Å². The molecule has 7 rings (SSSR count). The van der Waals surface area contributed by atoms with Gasteiger partial charge in [0.2, 0.25) is 5.89 Å². The van der Waals surface area contributed by atoms with Crippen LogP contribution in [0.3, 0.4) is 0 Å². The lowest BCUT2D eigenvalue weighted by Crippen LogP contribution is -2.21. The molecule has 0 saturated heterocycles. The summed E-state index contributed by atoms with van der Waals surface area (Å²) in [7, 11) is 0. The maximum absolute atomic E-state index is 12.9. The van der Waals surface area contributed by atoms with E-state index in [0.717, 1.165) is 61.2 Å². The maximum atomic E-state index is 12.9. The van der Waals surface area contributed by atoms with Crippen LogP contribution in [0.5, 0.6) is 17.2 Å². The van der Waals surface area contributed by atoms with Crippen molar-refractivity contribution in [3.8, 4) is 28.7 Å². The van der Waals surface area contributed by atoms with Gasteiger partial charge in [-0.3, -0.25) is 4.79 Å². The molecule has 0 amide bonds. The lowest BCUT2D eigenvalue weighted by atomic mass is 9.80. The Kier molecular flexibility index (Phi) is 19.9. The largest absolute Gasteiger partial charge is 0.494 e. The number of esters is 1. The summed E-state index contributed by atoms with van der Waals surface area (Å²) in [6, 6.07) is 22.6. The number of nitrogens with zero attached hydrogens (tertiary/aromatic N) is 1. The molecule has 1 heterocycles. The van der Waals surface area contributed by atoms with Gasteiger partial charge in [0.15, 0.2) is 5.78 Å². The van der Waals surface area contributed by atoms with Crippen molar-refractivity contribution < 1.29 is 37.7 Å². The third-order valence-electron chi connectivity index (χ3n) is 11.1. The van der Waals surface area contributed by atoms with Gasteiger partial charge in [-0.05, 0) is 148 Å². The van der Waals surface area contributed by atoms with Crippen LogP contribution in [-0.2, 0) is 9.47 Å². The third kappa shape index (κ3) is 14.8. The van der Waals surface area contributed by atoms with E-state index in [2.05, 4.69) is 38.6 Å². The Morgan fingerprint density at radius 3 is 1.92 bits per heavy atom. The van der Waals surface area contributed by atoms with Gasteiger partial charge in [-0.25, -0.2) is 14.6 Å². The number of ketones is 1. The second kappa shape index (κ2) is 25.9. The lowest BCUT2D eigenvalue weighted by Gasteiger charge is -2.23. The summed E-state index contributed by atoms with van der Waals surface area (Å²) < 4.78 is 33.6. The summed E-state index contributed by atoms with van der Waals surface area (Å²) in [5, 5.41) is 0.756. The minimum atomic E-state index is -0.591. The van der Waals surface area contributed by atoms with E-state index in [1.807, 2.05) is 37.3 Å². The van der Waals surface area contributed by atoms with Crippen LogP contribution < -0.4 is 19.8 Å². The van der Waals surface area contributed by atoms with Gasteiger partial charge in [0.05, 0.1) is 42.9 Å². The highest BCUT2D eigenvalue weighted by molar-refractivity contribution is 6.31. The second-order valence-corrected chi connectivity index (χ2v) is 16.5. The monoisotopic (exact) mass is 915 g/mol. The van der Waals surface area contributed by atoms with Gasteiger partial charge in [0, 0.05) is 34.9 Å². The quantitative estimate of drug-likeness (QED) is 0.0186. The number of hydrogen-bond acceptors (Lipinski definition) is 10. The molecule has 0 atom stereocenters. The first-order valence-corrected chi connectivity index (χ1v) is 23.2. The van der Waals surface area contributed by atoms with E-state index in [0.29, 0.717) is 65.2 Å². The minimum absolute atomic E-state index is 0.163. The summed E-state index contributed by atoms with van der Waals surface area (Å²) in [6.07, 6.45) is 14.1. The van der Waals surface area contributed by atoms with Crippen molar-refractivity contribution in [1.29, 1.82) is 0 Å². The van der Waals surface area contributed by atoms with Crippen LogP contribution in [-0.4, -0.2) is 43.2 Å². The van der Waals surface area contributed by atoms with Crippen molar-refractivity contribution >= 4 is 34.3 Å². The lowest BCUT2D eigenvalue weighted by molar-refractivity contribution is 0.0733. The molecule has 2 aliphatic rings. The third-order valence-corrected chi connectivity index (χ3v) is 11.5. The van der Waals surface area contributed by atoms with Crippen LogP contribution in [0.25, 0.3) is 22.4 Å². The zero-order valence-electron chi connectivity index (χ0n) is 38.8. The van der Waals surface area contributed by atoms with Gasteiger partial charge < -0.3 is 28.1 Å². The van der Waals surface area contributed by atoms with E-state index < -0.39 is 11.6 Å². The molecule has 348 valence electrons. The van der Waals surface area contributed by atoms with Gasteiger partial charge in [-0.2, -0.15) is 0 Å². The van der Waals surface area contributed by atoms with E-state index in [1.165, 1.54) is 37.3 Å². The van der Waals surface area contributed by atoms with Crippen LogP contribution in [0.15, 0.2) is 137 Å². The predicted molar refractivity (Wildman–Crippen MR) is 263 cm³/mol. The fraction of sp³-hybridized carbons (Fsp3) is 0.345. The highest BCUT2D eigenvalue weighted by Crippen LogP contribution is 2.32. The SMILES string of the molecule is C=CC(=C)OCCCOc1ccc(C(=O)C2CCC2)cc1.C=CC(OCCCOc1ccc(C(=O)Oc2cc3c(=O)oc(-c4ccc(C)c(Cl)c4)nc3cc2C)cc1)=C1CCC1.CCCC. The van der Waals surface area contributed by atoms with Crippen LogP contribution >= 0.6 is 11.6 Å². The van der Waals surface area contributed by atoms with Crippen LogP contribution in [0, 0.1) is 19.8 Å². The number of ether oxygens (including phenoxy) is 5. The molecule has 0 bridgehead atoms. The Labute approximate surface area is 393 Å². The number of aromatic nitrogens is 1. The first-order valence-electron chi connectivity index (χ1n) is 22.8. The maximum Gasteiger partial charge on any atom is 0.347 e. The van der Waals surface area contributed by atoms with Crippen LogP contribution in [0.2, 0.25) is 5.02 Å². The second-order valence-electron chi connectivity index (χ2n) is 16.1. The Morgan fingerprint density at radius 1 is 0.773 bits per heavy atom. The molecule has 2 saturated carbocycles. The van der Waals surface area contributed by atoms with Gasteiger partial charge in [-0.1, -0.05) is 70.5 Å². The van der Waals surface area contributed by atoms with Gasteiger partial charge in [0.25, 0.3) is 0 Å². The molecular weight excluding hydrogens is 854 g/mol. The Bertz CT molecular complexity index is 2530. The summed E-state index contributed by atoms with van der Waals surface area (Å²) in [5.74, 6) is 3.26. The molecule has 0 unspecified atom stereocenters. The average molecular weight is 917 g/mol. The molecule has 10 nitrogen and oxygen atoms in total. The number of allylic oxidation sites excluding steroid dienone is 3. The van der Waals surface area contributed by atoms with Crippen LogP contribution in [0.4, 0.5) is 0 Å². The standard InChI is InChI=1S/C33H30ClNO6.C18H22O3.C4H10/c1-4-29(22-7-5-8-22)39-16-6-15-38-25-13-11-23(12-14-25)32(36)40-30-19-26-28(17-21(30)3)35-31(41-33(26)37)24-10-9-20(2)27(34)18-24;1-3-14(2)20-12-5-13-21-17-10-8-16(9-11-17)18(19)15-6-4-7-15;1-3-4-2/h4,9-14,17-19H,1,5-8,15-16H2,2-3H3;3,8-11,15H,1-2,4-7,12-13H2;3-4H2,1-2H3. The number of carbonyl (C=O) groups excluding carboxylic acids is 2. The number of unbranched alkanes of at least 4 members (excludes halogenated alkanes) is 1. The van der Waals surface area contributed by atoms with E-state index >= 15 is 0 Å². The summed E-state index contributed by atoms with van der Waals surface area (Å²) in [6.45, 7) is 21.2. The molecule has 0 aliphatic heterocycles. The Hall–Kier alpha value is -6.39. The van der Waals surface area contributed by atoms with Crippen molar-refractivity contribution in [2.45, 2.75) is 91.9 Å². The smallest absolute Gasteiger partial charge is 0.347 e. The summed E-state index contributed by atoms with van der Waals surface area (Å²) in [4.78, 5) is 42.2. The molecule has 4 aromatic carbocycles. The van der Waals surface area contributed by atoms with Gasteiger partial charge in [0.1, 0.15) is 28.8 Å². The van der Waals surface area contributed by atoms with Gasteiger partial charge >= 0.3 is 11.6 Å². The normalized spacial score (nSPS) is 12.7. The zero-order valence-corrected chi connectivity index (χ0v) is 39.5. The highest BCUT2D eigenvalue weighted by atomic mass is 35.5. The number of rotatable bonds is 20. The number of benzene rings is 4. The van der Waals surface area contributed by atoms with Crippen molar-refractivity contribution in [3.63, 3.8) is 0 Å². The van der Waals surface area contributed by atoms with Crippen molar-refractivity contribution in [1.82, 2.24) is 4.98 Å². The van der Waals surface area contributed by atoms with E-state index in [4.69, 9.17) is 39.7 Å². The topological polar surface area (TPSA) is 123 Å². The molecule has 2 aliphatic carbocycles. The molecular formula is C55H62ClNO9.